The van der Waals surface area contributed by atoms with Crippen LogP contribution in [0.2, 0.25) is 0 Å². The first-order chi connectivity index (χ1) is 11.3. The number of thioether (sulfide) groups is 1. The number of hydrogen-bond donors (Lipinski definition) is 2. The third kappa shape index (κ3) is 3.57. The van der Waals surface area contributed by atoms with E-state index in [-0.39, 0.29) is 16.7 Å². The van der Waals surface area contributed by atoms with Gasteiger partial charge in [0.25, 0.3) is 10.0 Å². The number of rotatable bonds is 3. The molecular formula is C17H18N2O3S2. The molecule has 126 valence electrons. The smallest absolute Gasteiger partial charge is 0.261 e. The maximum Gasteiger partial charge on any atom is 0.261 e. The second kappa shape index (κ2) is 6.49. The first-order valence-corrected chi connectivity index (χ1v) is 9.99. The molecule has 0 unspecified atom stereocenters. The van der Waals surface area contributed by atoms with E-state index in [4.69, 9.17) is 0 Å². The monoisotopic (exact) mass is 362 g/mol. The predicted octanol–water partition coefficient (Wildman–Crippen LogP) is 3.48. The van der Waals surface area contributed by atoms with Gasteiger partial charge in [0.05, 0.1) is 10.6 Å². The van der Waals surface area contributed by atoms with E-state index in [0.717, 1.165) is 10.5 Å². The average Bonchev–Trinajstić information content (AvgIpc) is 2.66. The molecule has 0 spiro atoms. The number of fused-ring (bicyclic) bond motifs is 1. The van der Waals surface area contributed by atoms with Gasteiger partial charge in [0.2, 0.25) is 5.91 Å². The van der Waals surface area contributed by atoms with Gasteiger partial charge in [-0.25, -0.2) is 8.42 Å². The largest absolute Gasteiger partial charge is 0.325 e. The number of hydrogen-bond acceptors (Lipinski definition) is 4. The second-order valence-corrected chi connectivity index (χ2v) is 8.58. The van der Waals surface area contributed by atoms with Crippen molar-refractivity contribution in [3.8, 4) is 0 Å². The third-order valence-electron chi connectivity index (χ3n) is 3.73. The van der Waals surface area contributed by atoms with Crippen molar-refractivity contribution in [2.24, 2.45) is 5.92 Å². The van der Waals surface area contributed by atoms with Crippen LogP contribution in [0.4, 0.5) is 11.4 Å². The van der Waals surface area contributed by atoms with Crippen molar-refractivity contribution < 1.29 is 13.2 Å². The quantitative estimate of drug-likeness (QED) is 0.877. The second-order valence-electron chi connectivity index (χ2n) is 5.83. The van der Waals surface area contributed by atoms with Crippen molar-refractivity contribution in [3.05, 3.63) is 48.0 Å². The number of sulfonamides is 1. The topological polar surface area (TPSA) is 75.3 Å². The zero-order valence-electron chi connectivity index (χ0n) is 13.4. The molecule has 0 radical (unpaired) electrons. The summed E-state index contributed by atoms with van der Waals surface area (Å²) < 4.78 is 27.8. The van der Waals surface area contributed by atoms with Crippen LogP contribution in [0.5, 0.6) is 0 Å². The fraction of sp³-hybridized carbons (Fsp3) is 0.235. The molecule has 0 bridgehead atoms. The van der Waals surface area contributed by atoms with E-state index in [9.17, 15) is 13.2 Å². The highest BCUT2D eigenvalue weighted by Crippen LogP contribution is 2.34. The zero-order chi connectivity index (χ0) is 17.3. The van der Waals surface area contributed by atoms with E-state index in [0.29, 0.717) is 17.1 Å². The Morgan fingerprint density at radius 3 is 2.75 bits per heavy atom. The van der Waals surface area contributed by atoms with Gasteiger partial charge in [0.15, 0.2) is 0 Å². The van der Waals surface area contributed by atoms with E-state index >= 15 is 0 Å². The van der Waals surface area contributed by atoms with Crippen LogP contribution in [0, 0.1) is 12.8 Å². The highest BCUT2D eigenvalue weighted by atomic mass is 32.2. The number of carbonyl (C=O) groups is 1. The fourth-order valence-electron chi connectivity index (χ4n) is 2.37. The molecule has 0 saturated carbocycles. The summed E-state index contributed by atoms with van der Waals surface area (Å²) in [5.41, 5.74) is 2.02. The SMILES string of the molecule is Cc1cccc(NS(=O)(=O)c2ccc3c(c2)NC(=O)[C@H](C)CS3)c1. The molecule has 1 amide bonds. The number of benzene rings is 2. The molecule has 3 rings (SSSR count). The lowest BCUT2D eigenvalue weighted by Crippen LogP contribution is -2.20. The summed E-state index contributed by atoms with van der Waals surface area (Å²) >= 11 is 1.55. The Labute approximate surface area is 145 Å². The number of nitrogens with one attached hydrogen (secondary N) is 2. The molecule has 0 saturated heterocycles. The van der Waals surface area contributed by atoms with Gasteiger partial charge in [-0.15, -0.1) is 11.8 Å². The number of carbonyl (C=O) groups excluding carboxylic acids is 1. The highest BCUT2D eigenvalue weighted by Gasteiger charge is 2.23. The molecule has 2 aromatic rings. The van der Waals surface area contributed by atoms with Crippen LogP contribution < -0.4 is 10.0 Å². The summed E-state index contributed by atoms with van der Waals surface area (Å²) in [4.78, 5) is 13.0. The van der Waals surface area contributed by atoms with E-state index < -0.39 is 10.0 Å². The summed E-state index contributed by atoms with van der Waals surface area (Å²) in [7, 11) is -3.72. The van der Waals surface area contributed by atoms with Crippen molar-refractivity contribution in [2.75, 3.05) is 15.8 Å². The van der Waals surface area contributed by atoms with Gasteiger partial charge in [0, 0.05) is 22.3 Å². The number of anilines is 2. The summed E-state index contributed by atoms with van der Waals surface area (Å²) in [5, 5.41) is 2.81. The minimum atomic E-state index is -3.72. The van der Waals surface area contributed by atoms with Gasteiger partial charge >= 0.3 is 0 Å². The first kappa shape index (κ1) is 16.9. The van der Waals surface area contributed by atoms with E-state index in [1.54, 1.807) is 42.1 Å². The maximum atomic E-state index is 12.6. The highest BCUT2D eigenvalue weighted by molar-refractivity contribution is 7.99. The van der Waals surface area contributed by atoms with Gasteiger partial charge in [-0.3, -0.25) is 9.52 Å². The van der Waals surface area contributed by atoms with Crippen LogP contribution in [-0.2, 0) is 14.8 Å². The fourth-order valence-corrected chi connectivity index (χ4v) is 4.45. The van der Waals surface area contributed by atoms with Crippen molar-refractivity contribution in [2.45, 2.75) is 23.6 Å². The molecule has 2 aromatic carbocycles. The van der Waals surface area contributed by atoms with Crippen molar-refractivity contribution in [1.29, 1.82) is 0 Å². The van der Waals surface area contributed by atoms with Crippen molar-refractivity contribution in [1.82, 2.24) is 0 Å². The molecule has 1 atom stereocenters. The Balaban J connectivity index is 1.92. The molecule has 0 fully saturated rings. The van der Waals surface area contributed by atoms with Crippen LogP contribution in [0.15, 0.2) is 52.3 Å². The Morgan fingerprint density at radius 2 is 2.00 bits per heavy atom. The molecule has 5 nitrogen and oxygen atoms in total. The maximum absolute atomic E-state index is 12.6. The standard InChI is InChI=1S/C17H18N2O3S2/c1-11-4-3-5-13(8-11)19-24(21,22)14-6-7-16-15(9-14)18-17(20)12(2)10-23-16/h3-9,12,19H,10H2,1-2H3,(H,18,20)/t12-/m1/s1. The molecule has 0 aromatic heterocycles. The van der Waals surface area contributed by atoms with Gasteiger partial charge in [-0.05, 0) is 42.8 Å². The van der Waals surface area contributed by atoms with E-state index in [1.165, 1.54) is 6.07 Å². The third-order valence-corrected chi connectivity index (χ3v) is 6.44. The van der Waals surface area contributed by atoms with Crippen LogP contribution >= 0.6 is 11.8 Å². The number of aryl methyl sites for hydroxylation is 1. The Hall–Kier alpha value is -1.99. The van der Waals surface area contributed by atoms with Crippen LogP contribution in [0.3, 0.4) is 0 Å². The van der Waals surface area contributed by atoms with Crippen molar-refractivity contribution >= 4 is 39.1 Å². The summed E-state index contributed by atoms with van der Waals surface area (Å²) in [6, 6.07) is 12.0. The summed E-state index contributed by atoms with van der Waals surface area (Å²) in [6.45, 7) is 3.75. The lowest BCUT2D eigenvalue weighted by atomic mass is 10.2. The molecule has 7 heteroatoms. The van der Waals surface area contributed by atoms with E-state index in [2.05, 4.69) is 10.0 Å². The predicted molar refractivity (Wildman–Crippen MR) is 96.9 cm³/mol. The molecule has 1 aliphatic heterocycles. The van der Waals surface area contributed by atoms with Crippen LogP contribution in [-0.4, -0.2) is 20.1 Å². The molecule has 1 heterocycles. The molecular weight excluding hydrogens is 344 g/mol. The molecule has 2 N–H and O–H groups in total. The summed E-state index contributed by atoms with van der Waals surface area (Å²) in [6.07, 6.45) is 0. The minimum absolute atomic E-state index is 0.0950. The first-order valence-electron chi connectivity index (χ1n) is 7.52. The van der Waals surface area contributed by atoms with E-state index in [1.807, 2.05) is 19.9 Å². The van der Waals surface area contributed by atoms with Gasteiger partial charge in [0.1, 0.15) is 0 Å². The number of amides is 1. The van der Waals surface area contributed by atoms with Crippen LogP contribution in [0.25, 0.3) is 0 Å². The lowest BCUT2D eigenvalue weighted by Gasteiger charge is -2.12. The van der Waals surface area contributed by atoms with Gasteiger partial charge in [-0.2, -0.15) is 0 Å². The Kier molecular flexibility index (Phi) is 4.56. The minimum Gasteiger partial charge on any atom is -0.325 e. The normalized spacial score (nSPS) is 17.6. The average molecular weight is 362 g/mol. The van der Waals surface area contributed by atoms with Gasteiger partial charge < -0.3 is 5.32 Å². The van der Waals surface area contributed by atoms with Crippen molar-refractivity contribution in [3.63, 3.8) is 0 Å². The van der Waals surface area contributed by atoms with Crippen LogP contribution in [0.1, 0.15) is 12.5 Å². The lowest BCUT2D eigenvalue weighted by molar-refractivity contribution is -0.118. The Morgan fingerprint density at radius 1 is 1.21 bits per heavy atom. The molecule has 24 heavy (non-hydrogen) atoms. The Bertz CT molecular complexity index is 894. The molecule has 1 aliphatic rings. The van der Waals surface area contributed by atoms with Gasteiger partial charge in [-0.1, -0.05) is 19.1 Å². The summed E-state index contributed by atoms with van der Waals surface area (Å²) in [5.74, 6) is 0.460. The zero-order valence-corrected chi connectivity index (χ0v) is 15.0. The molecule has 0 aliphatic carbocycles.